The summed E-state index contributed by atoms with van der Waals surface area (Å²) in [6, 6.07) is 13.7. The van der Waals surface area contributed by atoms with Crippen molar-refractivity contribution in [3.8, 4) is 5.75 Å². The van der Waals surface area contributed by atoms with Crippen molar-refractivity contribution in [3.63, 3.8) is 0 Å². The van der Waals surface area contributed by atoms with Crippen LogP contribution in [0.3, 0.4) is 0 Å². The SMILES string of the molecule is CCCCCCCCc1ccc(C(=O)Oc2ccc([N+]3(C(=O)[O-])C=CN=C3CCN(C)C(=O)OC(C)(C)C)cc2)cc1. The number of ether oxygens (including phenoxy) is 2. The van der Waals surface area contributed by atoms with Gasteiger partial charge in [-0.3, -0.25) is 0 Å². The number of aryl methyl sites for hydroxylation is 1. The lowest BCUT2D eigenvalue weighted by molar-refractivity contribution is -0.257. The Balaban J connectivity index is 1.60. The number of nitrogens with zero attached hydrogens (tertiary/aromatic N) is 3. The average molecular weight is 578 g/mol. The molecule has 0 saturated heterocycles. The van der Waals surface area contributed by atoms with Gasteiger partial charge in [0.25, 0.3) is 6.09 Å². The van der Waals surface area contributed by atoms with Crippen LogP contribution in [0.4, 0.5) is 15.3 Å². The minimum absolute atomic E-state index is 0.169. The van der Waals surface area contributed by atoms with Gasteiger partial charge in [0.2, 0.25) is 5.84 Å². The van der Waals surface area contributed by atoms with Gasteiger partial charge in [-0.15, -0.1) is 0 Å². The zero-order chi connectivity index (χ0) is 30.8. The molecule has 3 rings (SSSR count). The van der Waals surface area contributed by atoms with Crippen LogP contribution in [0.2, 0.25) is 0 Å². The smallest absolute Gasteiger partial charge is 0.410 e. The quantitative estimate of drug-likeness (QED) is 0.115. The molecule has 2 aromatic carbocycles. The van der Waals surface area contributed by atoms with Crippen LogP contribution < -0.4 is 14.3 Å². The first-order valence-corrected chi connectivity index (χ1v) is 14.7. The van der Waals surface area contributed by atoms with Crippen LogP contribution in [-0.4, -0.2) is 48.1 Å². The van der Waals surface area contributed by atoms with Crippen molar-refractivity contribution in [1.82, 2.24) is 9.38 Å². The maximum absolute atomic E-state index is 12.7. The first kappa shape index (κ1) is 32.5. The third-order valence-corrected chi connectivity index (χ3v) is 7.05. The molecule has 9 heteroatoms. The van der Waals surface area contributed by atoms with Gasteiger partial charge in [0.1, 0.15) is 23.2 Å². The Morgan fingerprint density at radius 1 is 0.905 bits per heavy atom. The number of quaternary nitrogens is 1. The number of carbonyl (C=O) groups is 3. The number of esters is 1. The molecule has 0 fully saturated rings. The lowest BCUT2D eigenvalue weighted by atomic mass is 10.0. The molecule has 2 aromatic rings. The van der Waals surface area contributed by atoms with E-state index in [1.54, 1.807) is 64.2 Å². The van der Waals surface area contributed by atoms with E-state index >= 15 is 0 Å². The first-order chi connectivity index (χ1) is 20.0. The number of unbranched alkanes of at least 4 members (excludes halogenated alkanes) is 5. The van der Waals surface area contributed by atoms with Crippen LogP contribution in [0.15, 0.2) is 65.9 Å². The minimum Gasteiger partial charge on any atom is -0.497 e. The predicted molar refractivity (Wildman–Crippen MR) is 162 cm³/mol. The van der Waals surface area contributed by atoms with E-state index < -0.39 is 28.2 Å². The Bertz CT molecular complexity index is 1280. The third kappa shape index (κ3) is 8.76. The second kappa shape index (κ2) is 14.8. The number of benzene rings is 2. The van der Waals surface area contributed by atoms with Gasteiger partial charge >= 0.3 is 12.1 Å². The Kier molecular flexibility index (Phi) is 11.4. The zero-order valence-electron chi connectivity index (χ0n) is 25.4. The van der Waals surface area contributed by atoms with E-state index in [0.717, 1.165) is 12.8 Å². The van der Waals surface area contributed by atoms with Crippen molar-refractivity contribution in [2.45, 2.75) is 84.7 Å². The van der Waals surface area contributed by atoms with E-state index in [4.69, 9.17) is 9.47 Å². The van der Waals surface area contributed by atoms with E-state index in [1.165, 1.54) is 55.0 Å². The van der Waals surface area contributed by atoms with Gasteiger partial charge in [0, 0.05) is 25.7 Å². The topological polar surface area (TPSA) is 108 Å². The fourth-order valence-electron chi connectivity index (χ4n) is 4.68. The zero-order valence-corrected chi connectivity index (χ0v) is 25.4. The normalized spacial score (nSPS) is 16.2. The second-order valence-corrected chi connectivity index (χ2v) is 11.6. The lowest BCUT2D eigenvalue weighted by Gasteiger charge is -2.32. The Morgan fingerprint density at radius 2 is 1.55 bits per heavy atom. The molecular formula is C33H43N3O6. The van der Waals surface area contributed by atoms with Crippen molar-refractivity contribution in [2.24, 2.45) is 4.99 Å². The molecule has 0 bridgehead atoms. The number of rotatable bonds is 13. The first-order valence-electron chi connectivity index (χ1n) is 14.7. The van der Waals surface area contributed by atoms with Crippen LogP contribution in [0, 0.1) is 0 Å². The molecule has 1 aliphatic heterocycles. The summed E-state index contributed by atoms with van der Waals surface area (Å²) >= 11 is 0. The highest BCUT2D eigenvalue weighted by atomic mass is 16.6. The highest BCUT2D eigenvalue weighted by Crippen LogP contribution is 2.31. The summed E-state index contributed by atoms with van der Waals surface area (Å²) in [5.74, 6) is 0.0603. The molecule has 0 spiro atoms. The van der Waals surface area contributed by atoms with Crippen molar-refractivity contribution in [1.29, 1.82) is 0 Å². The van der Waals surface area contributed by atoms with Gasteiger partial charge < -0.3 is 24.3 Å². The van der Waals surface area contributed by atoms with Gasteiger partial charge in [0.05, 0.1) is 18.2 Å². The molecular weight excluding hydrogens is 534 g/mol. The number of hydrogen-bond acceptors (Lipinski definition) is 7. The molecule has 0 aromatic heterocycles. The number of aliphatic imine (C=N–C) groups is 1. The summed E-state index contributed by atoms with van der Waals surface area (Å²) in [7, 11) is 1.58. The van der Waals surface area contributed by atoms with Crippen LogP contribution in [0.5, 0.6) is 5.75 Å². The van der Waals surface area contributed by atoms with Crippen LogP contribution in [0.1, 0.15) is 88.6 Å². The maximum Gasteiger partial charge on any atom is 0.410 e. The second-order valence-electron chi connectivity index (χ2n) is 11.6. The van der Waals surface area contributed by atoms with E-state index in [1.807, 2.05) is 12.1 Å². The fraction of sp³-hybridized carbons (Fsp3) is 0.455. The summed E-state index contributed by atoms with van der Waals surface area (Å²) < 4.78 is 10.2. The summed E-state index contributed by atoms with van der Waals surface area (Å²) in [6.07, 6.45) is 9.48. The van der Waals surface area contributed by atoms with E-state index in [2.05, 4.69) is 11.9 Å². The van der Waals surface area contributed by atoms with Crippen LogP contribution in [-0.2, 0) is 11.2 Å². The van der Waals surface area contributed by atoms with Gasteiger partial charge in [-0.25, -0.2) is 14.6 Å². The van der Waals surface area contributed by atoms with Crippen molar-refractivity contribution in [2.75, 3.05) is 13.6 Å². The number of amidine groups is 1. The van der Waals surface area contributed by atoms with Crippen molar-refractivity contribution in [3.05, 3.63) is 72.1 Å². The molecule has 0 aliphatic carbocycles. The van der Waals surface area contributed by atoms with Gasteiger partial charge in [-0.1, -0.05) is 51.2 Å². The molecule has 0 saturated carbocycles. The third-order valence-electron chi connectivity index (χ3n) is 7.05. The standard InChI is InChI=1S/C33H43N3O6/c1-6-7-8-9-10-11-12-25-13-15-26(16-14-25)30(37)41-28-19-17-27(18-20-28)36(32(39)40)24-22-34-29(36)21-23-35(5)31(38)42-33(2,3)4/h13-20,22,24H,6-12,21,23H2,1-5H3. The van der Waals surface area contributed by atoms with E-state index in [0.29, 0.717) is 11.3 Å². The van der Waals surface area contributed by atoms with E-state index in [-0.39, 0.29) is 24.6 Å². The summed E-state index contributed by atoms with van der Waals surface area (Å²) in [5.41, 5.74) is 1.33. The molecule has 2 amide bonds. The molecule has 1 atom stereocenters. The summed E-state index contributed by atoms with van der Waals surface area (Å²) in [5, 5.41) is 12.4. The molecule has 1 heterocycles. The monoisotopic (exact) mass is 577 g/mol. The molecule has 1 unspecified atom stereocenters. The molecule has 1 aliphatic rings. The summed E-state index contributed by atoms with van der Waals surface area (Å²) in [6.45, 7) is 7.73. The lowest BCUT2D eigenvalue weighted by Crippen LogP contribution is -2.59. The fourth-order valence-corrected chi connectivity index (χ4v) is 4.68. The summed E-state index contributed by atoms with van der Waals surface area (Å²) in [4.78, 5) is 43.1. The highest BCUT2D eigenvalue weighted by Gasteiger charge is 2.41. The maximum atomic E-state index is 12.7. The van der Waals surface area contributed by atoms with Crippen molar-refractivity contribution < 1.29 is 29.0 Å². The molecule has 42 heavy (non-hydrogen) atoms. The van der Waals surface area contributed by atoms with E-state index in [9.17, 15) is 19.5 Å². The minimum atomic E-state index is -1.40. The Morgan fingerprint density at radius 3 is 2.17 bits per heavy atom. The Hall–Kier alpha value is -3.98. The number of amides is 2. The van der Waals surface area contributed by atoms with Crippen LogP contribution in [0.25, 0.3) is 0 Å². The van der Waals surface area contributed by atoms with Crippen LogP contribution >= 0.6 is 0 Å². The largest absolute Gasteiger partial charge is 0.497 e. The predicted octanol–water partition coefficient (Wildman–Crippen LogP) is 6.60. The molecule has 0 N–H and O–H groups in total. The Labute approximate surface area is 249 Å². The van der Waals surface area contributed by atoms with Crippen molar-refractivity contribution >= 4 is 29.7 Å². The van der Waals surface area contributed by atoms with Gasteiger partial charge in [-0.2, -0.15) is 4.48 Å². The number of carbonyl (C=O) groups excluding carboxylic acids is 3. The van der Waals surface area contributed by atoms with Gasteiger partial charge in [-0.05, 0) is 63.4 Å². The average Bonchev–Trinajstić information content (AvgIpc) is 3.38. The molecule has 226 valence electrons. The molecule has 9 nitrogen and oxygen atoms in total. The number of hydrogen-bond donors (Lipinski definition) is 0. The highest BCUT2D eigenvalue weighted by molar-refractivity contribution is 6.10. The van der Waals surface area contributed by atoms with Gasteiger partial charge in [0.15, 0.2) is 0 Å². The number of carboxylic acid groups (broad SMARTS) is 1. The molecule has 0 radical (unpaired) electrons.